The molecule has 4 atom stereocenters. The summed E-state index contributed by atoms with van der Waals surface area (Å²) in [5, 5.41) is 24.4. The third kappa shape index (κ3) is 4.77. The van der Waals surface area contributed by atoms with Crippen molar-refractivity contribution in [1.29, 1.82) is 0 Å². The Labute approximate surface area is 280 Å². The van der Waals surface area contributed by atoms with Crippen molar-refractivity contribution < 1.29 is 43.4 Å². The Morgan fingerprint density at radius 3 is 2.16 bits per heavy atom. The van der Waals surface area contributed by atoms with Crippen LogP contribution in [0.25, 0.3) is 0 Å². The fraction of sp³-hybridized carbons (Fsp3) is 0.250. The minimum atomic E-state index is -2.66. The molecule has 3 aliphatic heterocycles. The predicted octanol–water partition coefficient (Wildman–Crippen LogP) is 4.36. The van der Waals surface area contributed by atoms with Crippen LogP contribution in [-0.4, -0.2) is 65.0 Å². The lowest BCUT2D eigenvalue weighted by molar-refractivity contribution is -0.384. The van der Waals surface area contributed by atoms with E-state index in [-0.39, 0.29) is 34.9 Å². The van der Waals surface area contributed by atoms with Gasteiger partial charge in [0.1, 0.15) is 23.6 Å². The van der Waals surface area contributed by atoms with E-state index in [1.807, 2.05) is 0 Å². The summed E-state index contributed by atoms with van der Waals surface area (Å²) in [5.74, 6) is -3.16. The molecule has 13 heteroatoms. The smallest absolute Gasteiger partial charge is 0.286 e. The van der Waals surface area contributed by atoms with Crippen molar-refractivity contribution in [3.63, 3.8) is 0 Å². The van der Waals surface area contributed by atoms with Crippen molar-refractivity contribution in [3.8, 4) is 11.5 Å². The number of carbonyl (C=O) groups is 3. The molecule has 0 bridgehead atoms. The number of non-ortho nitro benzene ring substituents is 1. The molecule has 0 aliphatic carbocycles. The monoisotopic (exact) mass is 665 g/mol. The maximum absolute atomic E-state index is 15.1. The van der Waals surface area contributed by atoms with Crippen molar-refractivity contribution in [3.05, 3.63) is 124 Å². The van der Waals surface area contributed by atoms with Gasteiger partial charge in [-0.25, -0.2) is 4.90 Å². The summed E-state index contributed by atoms with van der Waals surface area (Å²) in [6.07, 6.45) is -0.949. The zero-order chi connectivity index (χ0) is 34.7. The molecule has 0 saturated carbocycles. The highest BCUT2D eigenvalue weighted by Gasteiger charge is 2.81. The molecule has 2 fully saturated rings. The van der Waals surface area contributed by atoms with E-state index in [2.05, 4.69) is 0 Å². The quantitative estimate of drug-likeness (QED) is 0.124. The standard InChI is InChI=1S/C36H31N3O10/c1-34(2)47-21-29(49-34)30-35(43,32(41)37(30)23-17-19-25(46-3)20-18-23)36(48-26-9-5-4-6-10-26)27-11-7-8-12-28(27)38(33(36)42)31(40)22-13-15-24(16-14-22)39(44)45/h4-20,29-30,43H,21H2,1-3H3/t29-,30+,35-,36+/m1/s1. The molecule has 0 radical (unpaired) electrons. The molecular formula is C36H31N3O10. The van der Waals surface area contributed by atoms with Crippen LogP contribution in [-0.2, 0) is 24.7 Å². The number of nitro groups is 1. The number of hydrogen-bond donors (Lipinski definition) is 1. The second kappa shape index (κ2) is 11.5. The summed E-state index contributed by atoms with van der Waals surface area (Å²) in [6.45, 7) is 3.35. The fourth-order valence-electron chi connectivity index (χ4n) is 6.86. The maximum atomic E-state index is 15.1. The number of fused-ring (bicyclic) bond motifs is 1. The first kappa shape index (κ1) is 31.9. The van der Waals surface area contributed by atoms with Gasteiger partial charge in [0.25, 0.3) is 29.0 Å². The number of nitro benzene ring substituents is 1. The third-order valence-electron chi connectivity index (χ3n) is 9.09. The Morgan fingerprint density at radius 1 is 0.898 bits per heavy atom. The van der Waals surface area contributed by atoms with Crippen molar-refractivity contribution in [2.75, 3.05) is 23.5 Å². The van der Waals surface area contributed by atoms with Gasteiger partial charge in [-0.3, -0.25) is 24.5 Å². The number of rotatable bonds is 8. The van der Waals surface area contributed by atoms with Gasteiger partial charge in [-0.2, -0.15) is 0 Å². The molecule has 0 spiro atoms. The third-order valence-corrected chi connectivity index (χ3v) is 9.09. The highest BCUT2D eigenvalue weighted by molar-refractivity contribution is 6.29. The van der Waals surface area contributed by atoms with Gasteiger partial charge in [0.15, 0.2) is 5.79 Å². The van der Waals surface area contributed by atoms with Crippen molar-refractivity contribution in [2.45, 2.75) is 43.0 Å². The summed E-state index contributed by atoms with van der Waals surface area (Å²) in [5.41, 5.74) is -4.94. The molecule has 0 unspecified atom stereocenters. The Balaban J connectivity index is 1.42. The Hall–Kier alpha value is -5.63. The first-order valence-corrected chi connectivity index (χ1v) is 15.4. The molecule has 13 nitrogen and oxygen atoms in total. The minimum Gasteiger partial charge on any atom is -0.497 e. The van der Waals surface area contributed by atoms with Crippen molar-refractivity contribution in [1.82, 2.24) is 0 Å². The van der Waals surface area contributed by atoms with E-state index < -0.39 is 51.8 Å². The Morgan fingerprint density at radius 2 is 1.55 bits per heavy atom. The maximum Gasteiger partial charge on any atom is 0.286 e. The number of anilines is 2. The summed E-state index contributed by atoms with van der Waals surface area (Å²) < 4.78 is 24.0. The molecule has 3 heterocycles. The average molecular weight is 666 g/mol. The second-order valence-electron chi connectivity index (χ2n) is 12.3. The number of β-lactam (4-membered cyclic amide) rings is 1. The first-order chi connectivity index (χ1) is 23.4. The van der Waals surface area contributed by atoms with Gasteiger partial charge in [0.05, 0.1) is 24.3 Å². The van der Waals surface area contributed by atoms with Crippen LogP contribution < -0.4 is 19.3 Å². The molecule has 3 amide bonds. The lowest BCUT2D eigenvalue weighted by Gasteiger charge is -2.59. The number of methoxy groups -OCH3 is 1. The number of carbonyl (C=O) groups excluding carboxylic acids is 3. The first-order valence-electron chi connectivity index (χ1n) is 15.4. The van der Waals surface area contributed by atoms with Gasteiger partial charge < -0.3 is 29.0 Å². The van der Waals surface area contributed by atoms with Gasteiger partial charge in [-0.15, -0.1) is 0 Å². The largest absolute Gasteiger partial charge is 0.497 e. The van der Waals surface area contributed by atoms with Crippen LogP contribution in [0.2, 0.25) is 0 Å². The normalized spacial score (nSPS) is 25.5. The van der Waals surface area contributed by atoms with Crippen LogP contribution >= 0.6 is 0 Å². The van der Waals surface area contributed by atoms with E-state index in [9.17, 15) is 24.8 Å². The van der Waals surface area contributed by atoms with Gasteiger partial charge >= 0.3 is 0 Å². The molecular weight excluding hydrogens is 634 g/mol. The fourth-order valence-corrected chi connectivity index (χ4v) is 6.86. The molecule has 3 aliphatic rings. The number of amides is 3. The van der Waals surface area contributed by atoms with Gasteiger partial charge in [0.2, 0.25) is 5.60 Å². The summed E-state index contributed by atoms with van der Waals surface area (Å²) in [4.78, 5) is 56.9. The van der Waals surface area contributed by atoms with Crippen LogP contribution in [0.15, 0.2) is 103 Å². The zero-order valence-corrected chi connectivity index (χ0v) is 26.6. The lowest BCUT2D eigenvalue weighted by atomic mass is 9.64. The second-order valence-corrected chi connectivity index (χ2v) is 12.3. The Kier molecular flexibility index (Phi) is 7.50. The number of aliphatic hydroxyl groups is 1. The van der Waals surface area contributed by atoms with Crippen molar-refractivity contribution >= 4 is 34.8 Å². The van der Waals surface area contributed by atoms with Crippen LogP contribution in [0.4, 0.5) is 17.1 Å². The van der Waals surface area contributed by atoms with Crippen LogP contribution in [0, 0.1) is 10.1 Å². The van der Waals surface area contributed by atoms with E-state index in [0.717, 1.165) is 17.0 Å². The molecule has 0 aromatic heterocycles. The van der Waals surface area contributed by atoms with E-state index >= 15 is 4.79 Å². The van der Waals surface area contributed by atoms with E-state index in [4.69, 9.17) is 18.9 Å². The average Bonchev–Trinajstić information content (AvgIpc) is 3.59. The molecule has 1 N–H and O–H groups in total. The zero-order valence-electron chi connectivity index (χ0n) is 26.6. The van der Waals surface area contributed by atoms with Gasteiger partial charge in [-0.1, -0.05) is 36.4 Å². The Bertz CT molecular complexity index is 1970. The lowest BCUT2D eigenvalue weighted by Crippen LogP contribution is -2.86. The number of benzene rings is 4. The van der Waals surface area contributed by atoms with Crippen LogP contribution in [0.3, 0.4) is 0 Å². The number of imide groups is 1. The summed E-state index contributed by atoms with van der Waals surface area (Å²) in [7, 11) is 1.51. The highest BCUT2D eigenvalue weighted by atomic mass is 16.7. The number of hydrogen-bond acceptors (Lipinski definition) is 10. The molecule has 250 valence electrons. The van der Waals surface area contributed by atoms with E-state index in [0.29, 0.717) is 11.4 Å². The van der Waals surface area contributed by atoms with Gasteiger partial charge in [-0.05, 0) is 68.4 Å². The molecule has 2 saturated heterocycles. The number of nitrogens with zero attached hydrogens (tertiary/aromatic N) is 3. The molecule has 4 aromatic rings. The van der Waals surface area contributed by atoms with Crippen LogP contribution in [0.5, 0.6) is 11.5 Å². The highest BCUT2D eigenvalue weighted by Crippen LogP contribution is 2.57. The SMILES string of the molecule is COc1ccc(N2C(=O)[C@@](O)([C@@]3(Oc4ccccc4)C(=O)N(C(=O)c4ccc([N+](=O)[O-])cc4)c4ccccc43)[C@@H]2[C@H]2COC(C)(C)O2)cc1. The summed E-state index contributed by atoms with van der Waals surface area (Å²) in [6, 6.07) is 24.5. The summed E-state index contributed by atoms with van der Waals surface area (Å²) >= 11 is 0. The molecule has 4 aromatic carbocycles. The number of para-hydroxylation sites is 2. The topological polar surface area (TPSA) is 158 Å². The molecule has 7 rings (SSSR count). The van der Waals surface area contributed by atoms with Crippen molar-refractivity contribution in [2.24, 2.45) is 0 Å². The van der Waals surface area contributed by atoms with Crippen LogP contribution in [0.1, 0.15) is 29.8 Å². The minimum absolute atomic E-state index is 0.0391. The van der Waals surface area contributed by atoms with E-state index in [1.165, 1.54) is 36.3 Å². The number of ether oxygens (including phenoxy) is 4. The van der Waals surface area contributed by atoms with Gasteiger partial charge in [0, 0.05) is 28.9 Å². The predicted molar refractivity (Wildman–Crippen MR) is 174 cm³/mol. The molecule has 49 heavy (non-hydrogen) atoms. The van der Waals surface area contributed by atoms with E-state index in [1.54, 1.807) is 80.6 Å².